The molecule has 0 radical (unpaired) electrons. The SMILES string of the molecule is COCC(C)CC(=O)N1CCN(CC(C)(C)O)CC1. The molecule has 1 N–H and O–H groups in total. The summed E-state index contributed by atoms with van der Waals surface area (Å²) in [7, 11) is 1.66. The predicted molar refractivity (Wildman–Crippen MR) is 75.0 cm³/mol. The molecule has 0 aromatic heterocycles. The summed E-state index contributed by atoms with van der Waals surface area (Å²) in [5, 5.41) is 9.79. The van der Waals surface area contributed by atoms with Crippen molar-refractivity contribution in [1.29, 1.82) is 0 Å². The van der Waals surface area contributed by atoms with Crippen LogP contribution in [0.4, 0.5) is 0 Å². The summed E-state index contributed by atoms with van der Waals surface area (Å²) >= 11 is 0. The Morgan fingerprint density at radius 2 is 1.89 bits per heavy atom. The van der Waals surface area contributed by atoms with E-state index in [1.165, 1.54) is 0 Å². The molecule has 1 atom stereocenters. The number of rotatable bonds is 6. The Kier molecular flexibility index (Phi) is 6.23. The molecule has 0 spiro atoms. The van der Waals surface area contributed by atoms with E-state index in [1.807, 2.05) is 25.7 Å². The lowest BCUT2D eigenvalue weighted by Gasteiger charge is -2.37. The highest BCUT2D eigenvalue weighted by Crippen LogP contribution is 2.11. The van der Waals surface area contributed by atoms with E-state index in [-0.39, 0.29) is 11.8 Å². The standard InChI is InChI=1S/C14H28N2O3/c1-12(10-19-4)9-13(17)16-7-5-15(6-8-16)11-14(2,3)18/h12,18H,5-11H2,1-4H3. The van der Waals surface area contributed by atoms with E-state index in [0.717, 1.165) is 26.2 Å². The van der Waals surface area contributed by atoms with Crippen molar-refractivity contribution in [3.8, 4) is 0 Å². The van der Waals surface area contributed by atoms with E-state index in [2.05, 4.69) is 4.90 Å². The minimum absolute atomic E-state index is 0.215. The van der Waals surface area contributed by atoms with Gasteiger partial charge in [-0.2, -0.15) is 0 Å². The normalized spacial score (nSPS) is 19.5. The van der Waals surface area contributed by atoms with Crippen molar-refractivity contribution >= 4 is 5.91 Å². The van der Waals surface area contributed by atoms with E-state index >= 15 is 0 Å². The van der Waals surface area contributed by atoms with Gasteiger partial charge in [0.2, 0.25) is 5.91 Å². The van der Waals surface area contributed by atoms with Crippen molar-refractivity contribution in [2.75, 3.05) is 46.4 Å². The molecule has 112 valence electrons. The molecule has 0 saturated carbocycles. The third-order valence-corrected chi connectivity index (χ3v) is 3.31. The van der Waals surface area contributed by atoms with Crippen LogP contribution < -0.4 is 0 Å². The summed E-state index contributed by atoms with van der Waals surface area (Å²) in [6.45, 7) is 10.2. The molecule has 1 saturated heterocycles. The first-order valence-electron chi connectivity index (χ1n) is 7.03. The molecule has 1 rings (SSSR count). The summed E-state index contributed by atoms with van der Waals surface area (Å²) in [5.74, 6) is 0.486. The second-order valence-corrected chi connectivity index (χ2v) is 6.23. The molecule has 1 fully saturated rings. The lowest BCUT2D eigenvalue weighted by Crippen LogP contribution is -2.52. The van der Waals surface area contributed by atoms with E-state index in [0.29, 0.717) is 19.6 Å². The summed E-state index contributed by atoms with van der Waals surface area (Å²) < 4.78 is 5.06. The first-order valence-corrected chi connectivity index (χ1v) is 7.03. The Morgan fingerprint density at radius 1 is 1.32 bits per heavy atom. The number of ether oxygens (including phenoxy) is 1. The summed E-state index contributed by atoms with van der Waals surface area (Å²) in [6.07, 6.45) is 0.555. The average molecular weight is 272 g/mol. The molecule has 0 aromatic carbocycles. The number of nitrogens with zero attached hydrogens (tertiary/aromatic N) is 2. The highest BCUT2D eigenvalue weighted by atomic mass is 16.5. The van der Waals surface area contributed by atoms with Crippen LogP contribution >= 0.6 is 0 Å². The van der Waals surface area contributed by atoms with Crippen LogP contribution in [0.3, 0.4) is 0 Å². The van der Waals surface area contributed by atoms with Crippen molar-refractivity contribution < 1.29 is 14.6 Å². The zero-order valence-electron chi connectivity index (χ0n) is 12.7. The van der Waals surface area contributed by atoms with Crippen LogP contribution in [0.1, 0.15) is 27.2 Å². The van der Waals surface area contributed by atoms with Gasteiger partial charge in [-0.15, -0.1) is 0 Å². The van der Waals surface area contributed by atoms with Gasteiger partial charge < -0.3 is 14.7 Å². The molecule has 0 aromatic rings. The number of piperazine rings is 1. The van der Waals surface area contributed by atoms with Gasteiger partial charge in [-0.05, 0) is 19.8 Å². The predicted octanol–water partition coefficient (Wildman–Crippen LogP) is 0.574. The van der Waals surface area contributed by atoms with E-state index in [4.69, 9.17) is 4.74 Å². The minimum Gasteiger partial charge on any atom is -0.389 e. The molecular formula is C14H28N2O3. The average Bonchev–Trinajstić information content (AvgIpc) is 2.27. The van der Waals surface area contributed by atoms with E-state index in [9.17, 15) is 9.90 Å². The van der Waals surface area contributed by atoms with Crippen molar-refractivity contribution in [3.63, 3.8) is 0 Å². The van der Waals surface area contributed by atoms with Crippen LogP contribution in [0.15, 0.2) is 0 Å². The quantitative estimate of drug-likeness (QED) is 0.768. The highest BCUT2D eigenvalue weighted by molar-refractivity contribution is 5.76. The van der Waals surface area contributed by atoms with Crippen LogP contribution in [-0.2, 0) is 9.53 Å². The lowest BCUT2D eigenvalue weighted by molar-refractivity contribution is -0.134. The maximum Gasteiger partial charge on any atom is 0.223 e. The fourth-order valence-corrected chi connectivity index (χ4v) is 2.47. The Balaban J connectivity index is 2.31. The second kappa shape index (κ2) is 7.22. The number of hydrogen-bond acceptors (Lipinski definition) is 4. The van der Waals surface area contributed by atoms with Gasteiger partial charge in [-0.3, -0.25) is 9.69 Å². The first-order chi connectivity index (χ1) is 8.81. The van der Waals surface area contributed by atoms with Crippen LogP contribution in [-0.4, -0.2) is 72.9 Å². The molecule has 5 nitrogen and oxygen atoms in total. The van der Waals surface area contributed by atoms with Gasteiger partial charge in [-0.25, -0.2) is 0 Å². The van der Waals surface area contributed by atoms with Gasteiger partial charge in [0.25, 0.3) is 0 Å². The van der Waals surface area contributed by atoms with Gasteiger partial charge in [0.1, 0.15) is 0 Å². The third kappa shape index (κ3) is 6.36. The topological polar surface area (TPSA) is 53.0 Å². The maximum absolute atomic E-state index is 12.1. The molecule has 1 heterocycles. The molecule has 19 heavy (non-hydrogen) atoms. The van der Waals surface area contributed by atoms with E-state index < -0.39 is 5.60 Å². The number of carbonyl (C=O) groups excluding carboxylic acids is 1. The molecule has 0 aliphatic carbocycles. The van der Waals surface area contributed by atoms with Gasteiger partial charge in [0.05, 0.1) is 5.60 Å². The summed E-state index contributed by atoms with van der Waals surface area (Å²) in [6, 6.07) is 0. The lowest BCUT2D eigenvalue weighted by atomic mass is 10.1. The third-order valence-electron chi connectivity index (χ3n) is 3.31. The highest BCUT2D eigenvalue weighted by Gasteiger charge is 2.25. The van der Waals surface area contributed by atoms with Crippen LogP contribution in [0, 0.1) is 5.92 Å². The smallest absolute Gasteiger partial charge is 0.223 e. The fourth-order valence-electron chi connectivity index (χ4n) is 2.47. The van der Waals surface area contributed by atoms with Gasteiger partial charge in [0.15, 0.2) is 0 Å². The molecule has 1 aliphatic rings. The Morgan fingerprint density at radius 3 is 2.37 bits per heavy atom. The van der Waals surface area contributed by atoms with Crippen molar-refractivity contribution in [2.45, 2.75) is 32.8 Å². The van der Waals surface area contributed by atoms with Gasteiger partial charge in [-0.1, -0.05) is 6.92 Å². The Labute approximate surface area is 116 Å². The number of β-amino-alcohol motifs (C(OH)–C–C–N with tert-alkyl or cyclic N) is 1. The molecule has 0 bridgehead atoms. The monoisotopic (exact) mass is 272 g/mol. The number of carbonyl (C=O) groups is 1. The number of amides is 1. The Bertz CT molecular complexity index is 281. The minimum atomic E-state index is -0.668. The molecular weight excluding hydrogens is 244 g/mol. The maximum atomic E-state index is 12.1. The summed E-state index contributed by atoms with van der Waals surface area (Å²) in [5.41, 5.74) is -0.668. The first kappa shape index (κ1) is 16.4. The van der Waals surface area contributed by atoms with Crippen molar-refractivity contribution in [2.24, 2.45) is 5.92 Å². The fraction of sp³-hybridized carbons (Fsp3) is 0.929. The van der Waals surface area contributed by atoms with Gasteiger partial charge >= 0.3 is 0 Å². The summed E-state index contributed by atoms with van der Waals surface area (Å²) in [4.78, 5) is 16.2. The Hall–Kier alpha value is -0.650. The number of aliphatic hydroxyl groups is 1. The van der Waals surface area contributed by atoms with Crippen LogP contribution in [0.5, 0.6) is 0 Å². The molecule has 1 unspecified atom stereocenters. The molecule has 1 aliphatic heterocycles. The number of hydrogen-bond donors (Lipinski definition) is 1. The van der Waals surface area contributed by atoms with Crippen LogP contribution in [0.25, 0.3) is 0 Å². The zero-order valence-corrected chi connectivity index (χ0v) is 12.7. The zero-order chi connectivity index (χ0) is 14.5. The number of methoxy groups -OCH3 is 1. The molecule has 5 heteroatoms. The van der Waals surface area contributed by atoms with Crippen LogP contribution in [0.2, 0.25) is 0 Å². The van der Waals surface area contributed by atoms with Gasteiger partial charge in [0, 0.05) is 52.9 Å². The largest absolute Gasteiger partial charge is 0.389 e. The van der Waals surface area contributed by atoms with Crippen molar-refractivity contribution in [1.82, 2.24) is 9.80 Å². The van der Waals surface area contributed by atoms with E-state index in [1.54, 1.807) is 7.11 Å². The second-order valence-electron chi connectivity index (χ2n) is 6.23. The molecule has 1 amide bonds. The van der Waals surface area contributed by atoms with Crippen molar-refractivity contribution in [3.05, 3.63) is 0 Å².